The van der Waals surface area contributed by atoms with Gasteiger partial charge in [0, 0.05) is 11.4 Å². The van der Waals surface area contributed by atoms with E-state index in [1.165, 1.54) is 0 Å². The Morgan fingerprint density at radius 3 is 2.31 bits per heavy atom. The molecule has 0 bridgehead atoms. The standard InChI is InChI=1S/C28H32N4O3S/c1-17-7-8-19(3)23(13-17)30-28(36)32-29-15-22-9-10-24(25(14-22)34-6)35-16-26(33)31-27-20(4)11-18(2)12-21(27)5/h7-15H,16H2,1-6H3,(H,31,33)(H2,30,32,36)/b29-15-. The first-order valence-corrected chi connectivity index (χ1v) is 11.9. The van der Waals surface area contributed by atoms with Gasteiger partial charge in [0.1, 0.15) is 0 Å². The molecule has 0 saturated heterocycles. The van der Waals surface area contributed by atoms with Crippen molar-refractivity contribution in [2.24, 2.45) is 5.10 Å². The summed E-state index contributed by atoms with van der Waals surface area (Å²) in [7, 11) is 1.55. The molecule has 3 aromatic rings. The number of ether oxygens (including phenoxy) is 2. The van der Waals surface area contributed by atoms with Crippen LogP contribution in [0.5, 0.6) is 11.5 Å². The van der Waals surface area contributed by atoms with E-state index in [0.29, 0.717) is 16.6 Å². The van der Waals surface area contributed by atoms with E-state index < -0.39 is 0 Å². The minimum atomic E-state index is -0.244. The lowest BCUT2D eigenvalue weighted by atomic mass is 10.1. The molecule has 8 heteroatoms. The molecule has 0 aromatic heterocycles. The number of nitrogens with zero attached hydrogens (tertiary/aromatic N) is 1. The van der Waals surface area contributed by atoms with Crippen LogP contribution in [0.4, 0.5) is 11.4 Å². The third-order valence-electron chi connectivity index (χ3n) is 5.51. The monoisotopic (exact) mass is 504 g/mol. The van der Waals surface area contributed by atoms with Crippen molar-refractivity contribution in [3.05, 3.63) is 81.9 Å². The Labute approximate surface area is 217 Å². The van der Waals surface area contributed by atoms with Crippen LogP contribution in [0.1, 0.15) is 33.4 Å². The number of benzene rings is 3. The number of rotatable bonds is 8. The summed E-state index contributed by atoms with van der Waals surface area (Å²) in [5, 5.41) is 10.7. The number of anilines is 2. The van der Waals surface area contributed by atoms with Crippen molar-refractivity contribution >= 4 is 40.8 Å². The van der Waals surface area contributed by atoms with E-state index in [-0.39, 0.29) is 12.5 Å². The normalized spacial score (nSPS) is 10.7. The number of nitrogens with one attached hydrogen (secondary N) is 3. The molecule has 3 aromatic carbocycles. The van der Waals surface area contributed by atoms with Gasteiger partial charge in [0.25, 0.3) is 5.91 Å². The highest BCUT2D eigenvalue weighted by molar-refractivity contribution is 7.80. The first-order valence-electron chi connectivity index (χ1n) is 11.5. The molecule has 0 spiro atoms. The fraction of sp³-hybridized carbons (Fsp3) is 0.250. The summed E-state index contributed by atoms with van der Waals surface area (Å²) < 4.78 is 11.2. The van der Waals surface area contributed by atoms with Gasteiger partial charge in [-0.1, -0.05) is 29.8 Å². The first-order chi connectivity index (χ1) is 17.2. The van der Waals surface area contributed by atoms with Crippen molar-refractivity contribution in [1.29, 1.82) is 0 Å². The Morgan fingerprint density at radius 2 is 1.61 bits per heavy atom. The molecule has 0 saturated carbocycles. The minimum absolute atomic E-state index is 0.142. The quantitative estimate of drug-likeness (QED) is 0.211. The van der Waals surface area contributed by atoms with Crippen molar-refractivity contribution in [3.63, 3.8) is 0 Å². The van der Waals surface area contributed by atoms with Gasteiger partial charge in [0.15, 0.2) is 23.2 Å². The molecule has 3 rings (SSSR count). The van der Waals surface area contributed by atoms with E-state index in [9.17, 15) is 4.79 Å². The molecule has 188 valence electrons. The number of thiocarbonyl (C=S) groups is 1. The number of amides is 1. The van der Waals surface area contributed by atoms with Crippen molar-refractivity contribution in [3.8, 4) is 11.5 Å². The highest BCUT2D eigenvalue weighted by atomic mass is 32.1. The number of carbonyl (C=O) groups excluding carboxylic acids is 1. The Balaban J connectivity index is 1.57. The topological polar surface area (TPSA) is 84.0 Å². The lowest BCUT2D eigenvalue weighted by Crippen LogP contribution is -2.24. The predicted molar refractivity (Wildman–Crippen MR) is 151 cm³/mol. The minimum Gasteiger partial charge on any atom is -0.493 e. The SMILES string of the molecule is COc1cc(/C=N\NC(=S)Nc2cc(C)ccc2C)ccc1OCC(=O)Nc1c(C)cc(C)cc1C. The molecule has 0 heterocycles. The Hall–Kier alpha value is -3.91. The van der Waals surface area contributed by atoms with E-state index in [4.69, 9.17) is 21.7 Å². The zero-order chi connectivity index (χ0) is 26.2. The molecule has 0 radical (unpaired) electrons. The predicted octanol–water partition coefficient (Wildman–Crippen LogP) is 5.58. The van der Waals surface area contributed by atoms with Gasteiger partial charge in [-0.15, -0.1) is 0 Å². The lowest BCUT2D eigenvalue weighted by Gasteiger charge is -2.14. The smallest absolute Gasteiger partial charge is 0.262 e. The van der Waals surface area contributed by atoms with E-state index in [1.807, 2.05) is 71.0 Å². The van der Waals surface area contributed by atoms with Crippen molar-refractivity contribution in [2.75, 3.05) is 24.4 Å². The summed E-state index contributed by atoms with van der Waals surface area (Å²) in [6.07, 6.45) is 1.62. The van der Waals surface area contributed by atoms with E-state index in [0.717, 1.165) is 44.8 Å². The van der Waals surface area contributed by atoms with Crippen LogP contribution in [0.2, 0.25) is 0 Å². The second-order valence-corrected chi connectivity index (χ2v) is 9.07. The van der Waals surface area contributed by atoms with E-state index in [1.54, 1.807) is 25.5 Å². The second-order valence-electron chi connectivity index (χ2n) is 8.66. The van der Waals surface area contributed by atoms with E-state index in [2.05, 4.69) is 21.2 Å². The molecule has 36 heavy (non-hydrogen) atoms. The van der Waals surface area contributed by atoms with E-state index >= 15 is 0 Å². The third-order valence-corrected chi connectivity index (χ3v) is 5.70. The summed E-state index contributed by atoms with van der Waals surface area (Å²) in [6.45, 7) is 9.87. The van der Waals surface area contributed by atoms with Gasteiger partial charge in [0.2, 0.25) is 0 Å². The summed E-state index contributed by atoms with van der Waals surface area (Å²) in [4.78, 5) is 12.5. The first kappa shape index (κ1) is 26.7. The van der Waals surface area contributed by atoms with Crippen LogP contribution in [0.25, 0.3) is 0 Å². The molecule has 0 aliphatic rings. The molecule has 1 amide bonds. The maximum absolute atomic E-state index is 12.5. The summed E-state index contributed by atoms with van der Waals surface area (Å²) in [5.41, 5.74) is 10.7. The zero-order valence-electron chi connectivity index (χ0n) is 21.5. The van der Waals surface area contributed by atoms with Gasteiger partial charge >= 0.3 is 0 Å². The Kier molecular flexibility index (Phi) is 9.02. The number of carbonyl (C=O) groups is 1. The van der Waals surface area contributed by atoms with Crippen LogP contribution in [0.3, 0.4) is 0 Å². The maximum Gasteiger partial charge on any atom is 0.262 e. The van der Waals surface area contributed by atoms with Crippen LogP contribution < -0.4 is 25.5 Å². The van der Waals surface area contributed by atoms with Gasteiger partial charge in [-0.05, 0) is 98.9 Å². The van der Waals surface area contributed by atoms with Crippen molar-refractivity contribution in [1.82, 2.24) is 5.43 Å². The van der Waals surface area contributed by atoms with Crippen LogP contribution in [0, 0.1) is 34.6 Å². The largest absolute Gasteiger partial charge is 0.493 e. The fourth-order valence-electron chi connectivity index (χ4n) is 3.77. The average Bonchev–Trinajstić information content (AvgIpc) is 2.82. The molecule has 3 N–H and O–H groups in total. The van der Waals surface area contributed by atoms with Crippen LogP contribution >= 0.6 is 12.2 Å². The van der Waals surface area contributed by atoms with Gasteiger partial charge < -0.3 is 20.1 Å². The molecule has 0 aliphatic heterocycles. The summed E-state index contributed by atoms with van der Waals surface area (Å²) in [5.74, 6) is 0.708. The number of aryl methyl sites for hydroxylation is 5. The summed E-state index contributed by atoms with van der Waals surface area (Å²) in [6, 6.07) is 15.5. The van der Waals surface area contributed by atoms with Gasteiger partial charge in [-0.2, -0.15) is 5.10 Å². The molecule has 0 unspecified atom stereocenters. The Bertz CT molecular complexity index is 1280. The average molecular weight is 505 g/mol. The molecule has 0 aliphatic carbocycles. The zero-order valence-corrected chi connectivity index (χ0v) is 22.3. The van der Waals surface area contributed by atoms with Crippen molar-refractivity contribution < 1.29 is 14.3 Å². The number of hydrazone groups is 1. The third kappa shape index (κ3) is 7.29. The van der Waals surface area contributed by atoms with Gasteiger partial charge in [-0.3, -0.25) is 10.2 Å². The molecule has 7 nitrogen and oxygen atoms in total. The maximum atomic E-state index is 12.5. The van der Waals surface area contributed by atoms with Gasteiger partial charge in [-0.25, -0.2) is 0 Å². The Morgan fingerprint density at radius 1 is 0.889 bits per heavy atom. The highest BCUT2D eigenvalue weighted by Crippen LogP contribution is 2.28. The fourth-order valence-corrected chi connectivity index (χ4v) is 3.93. The van der Waals surface area contributed by atoms with Crippen LogP contribution in [-0.2, 0) is 4.79 Å². The van der Waals surface area contributed by atoms with Crippen LogP contribution in [-0.4, -0.2) is 31.0 Å². The molecular formula is C28H32N4O3S. The van der Waals surface area contributed by atoms with Crippen molar-refractivity contribution in [2.45, 2.75) is 34.6 Å². The molecule has 0 fully saturated rings. The number of hydrogen-bond donors (Lipinski definition) is 3. The molecular weight excluding hydrogens is 472 g/mol. The summed E-state index contributed by atoms with van der Waals surface area (Å²) >= 11 is 5.33. The van der Waals surface area contributed by atoms with Crippen LogP contribution in [0.15, 0.2) is 53.6 Å². The highest BCUT2D eigenvalue weighted by Gasteiger charge is 2.11. The molecule has 0 atom stereocenters. The van der Waals surface area contributed by atoms with Gasteiger partial charge in [0.05, 0.1) is 13.3 Å². The second kappa shape index (κ2) is 12.2. The lowest BCUT2D eigenvalue weighted by molar-refractivity contribution is -0.118. The number of methoxy groups -OCH3 is 1. The number of hydrogen-bond acceptors (Lipinski definition) is 5.